The van der Waals surface area contributed by atoms with Crippen LogP contribution in [0.2, 0.25) is 0 Å². The van der Waals surface area contributed by atoms with Crippen molar-refractivity contribution in [3.05, 3.63) is 23.8 Å². The second-order valence-electron chi connectivity index (χ2n) is 2.57. The number of hydrogen-bond acceptors (Lipinski definition) is 1. The van der Waals surface area contributed by atoms with E-state index in [1.165, 1.54) is 0 Å². The highest BCUT2D eigenvalue weighted by atomic mass is 16.1. The Morgan fingerprint density at radius 2 is 2.25 bits per heavy atom. The Bertz CT molecular complexity index is 238. The van der Waals surface area contributed by atoms with E-state index < -0.39 is 0 Å². The summed E-state index contributed by atoms with van der Waals surface area (Å²) in [6.45, 7) is 3.81. The average molecular weight is 162 g/mol. The summed E-state index contributed by atoms with van der Waals surface area (Å²) in [4.78, 5) is 10.9. The molecule has 0 saturated carbocycles. The fourth-order valence-electron chi connectivity index (χ4n) is 0.678. The molecule has 0 heterocycles. The van der Waals surface area contributed by atoms with Gasteiger partial charge in [0.25, 0.3) is 0 Å². The molecule has 12 heavy (non-hydrogen) atoms. The number of allylic oxidation sites excluding steroid dienone is 4. The summed E-state index contributed by atoms with van der Waals surface area (Å²) in [5, 5.41) is 0. The summed E-state index contributed by atoms with van der Waals surface area (Å²) in [5.74, 6) is 2.62. The predicted molar refractivity (Wildman–Crippen MR) is 51.6 cm³/mol. The van der Waals surface area contributed by atoms with Crippen LogP contribution in [0.1, 0.15) is 26.7 Å². The molecule has 0 aromatic rings. The van der Waals surface area contributed by atoms with Crippen molar-refractivity contribution in [1.82, 2.24) is 0 Å². The molecule has 0 aliphatic heterocycles. The minimum atomic E-state index is 0.151. The van der Waals surface area contributed by atoms with Gasteiger partial charge in [-0.25, -0.2) is 0 Å². The molecule has 0 spiro atoms. The van der Waals surface area contributed by atoms with E-state index in [1.54, 1.807) is 18.2 Å². The highest BCUT2D eigenvalue weighted by molar-refractivity contribution is 5.89. The lowest BCUT2D eigenvalue weighted by Crippen LogP contribution is -1.89. The van der Waals surface area contributed by atoms with Gasteiger partial charge in [-0.2, -0.15) is 0 Å². The van der Waals surface area contributed by atoms with Crippen LogP contribution in [-0.2, 0) is 4.79 Å². The molecule has 0 bridgehead atoms. The van der Waals surface area contributed by atoms with Crippen molar-refractivity contribution in [2.24, 2.45) is 0 Å². The molecule has 0 unspecified atom stereocenters. The molecule has 64 valence electrons. The lowest BCUT2D eigenvalue weighted by Gasteiger charge is -1.86. The van der Waals surface area contributed by atoms with Gasteiger partial charge in [0, 0.05) is 6.42 Å². The molecule has 0 aromatic carbocycles. The molecule has 0 amide bonds. The van der Waals surface area contributed by atoms with E-state index in [2.05, 4.69) is 5.92 Å². The first-order chi connectivity index (χ1) is 5.70. The first kappa shape index (κ1) is 10.7. The molecule has 0 aliphatic rings. The van der Waals surface area contributed by atoms with Crippen molar-refractivity contribution in [3.8, 4) is 12.3 Å². The molecule has 0 radical (unpaired) electrons. The third kappa shape index (κ3) is 5.49. The molecule has 0 saturated heterocycles. The Morgan fingerprint density at radius 3 is 2.75 bits per heavy atom. The number of hydrogen-bond donors (Lipinski definition) is 0. The van der Waals surface area contributed by atoms with Crippen LogP contribution in [0.25, 0.3) is 0 Å². The van der Waals surface area contributed by atoms with Gasteiger partial charge in [0.2, 0.25) is 0 Å². The summed E-state index contributed by atoms with van der Waals surface area (Å²) in [5.41, 5.74) is 0.829. The van der Waals surface area contributed by atoms with E-state index in [9.17, 15) is 4.79 Å². The minimum Gasteiger partial charge on any atom is -0.295 e. The lowest BCUT2D eigenvalue weighted by molar-refractivity contribution is -0.114. The summed E-state index contributed by atoms with van der Waals surface area (Å²) in [6.07, 6.45) is 11.6. The first-order valence-corrected chi connectivity index (χ1v) is 4.05. The number of ketones is 1. The van der Waals surface area contributed by atoms with Crippen LogP contribution in [0.5, 0.6) is 0 Å². The number of rotatable bonds is 4. The van der Waals surface area contributed by atoms with E-state index in [0.717, 1.165) is 12.0 Å². The zero-order valence-electron chi connectivity index (χ0n) is 7.63. The zero-order valence-corrected chi connectivity index (χ0v) is 7.63. The summed E-state index contributed by atoms with van der Waals surface area (Å²) in [7, 11) is 0. The largest absolute Gasteiger partial charge is 0.295 e. The maximum Gasteiger partial charge on any atom is 0.155 e. The Balaban J connectivity index is 3.93. The van der Waals surface area contributed by atoms with Crippen LogP contribution >= 0.6 is 0 Å². The van der Waals surface area contributed by atoms with Crippen LogP contribution < -0.4 is 0 Å². The maximum atomic E-state index is 10.9. The predicted octanol–water partition coefficient (Wildman–Crippen LogP) is 2.49. The van der Waals surface area contributed by atoms with E-state index >= 15 is 0 Å². The van der Waals surface area contributed by atoms with E-state index in [-0.39, 0.29) is 5.78 Å². The van der Waals surface area contributed by atoms with Crippen molar-refractivity contribution in [3.63, 3.8) is 0 Å². The third-order valence-corrected chi connectivity index (χ3v) is 1.35. The van der Waals surface area contributed by atoms with Gasteiger partial charge in [-0.15, -0.1) is 6.42 Å². The molecule has 0 aromatic heterocycles. The fraction of sp³-hybridized carbons (Fsp3) is 0.364. The van der Waals surface area contributed by atoms with E-state index in [4.69, 9.17) is 6.42 Å². The molecule has 0 rings (SSSR count). The van der Waals surface area contributed by atoms with Crippen LogP contribution in [0, 0.1) is 12.3 Å². The van der Waals surface area contributed by atoms with Gasteiger partial charge in [-0.05, 0) is 25.0 Å². The van der Waals surface area contributed by atoms with Gasteiger partial charge < -0.3 is 0 Å². The summed E-state index contributed by atoms with van der Waals surface area (Å²) in [6, 6.07) is 0. The van der Waals surface area contributed by atoms with Crippen LogP contribution in [0.4, 0.5) is 0 Å². The Labute approximate surface area is 74.2 Å². The minimum absolute atomic E-state index is 0.151. The molecule has 0 aliphatic carbocycles. The summed E-state index contributed by atoms with van der Waals surface area (Å²) < 4.78 is 0. The summed E-state index contributed by atoms with van der Waals surface area (Å²) >= 11 is 0. The average Bonchev–Trinajstić information content (AvgIpc) is 2.04. The topological polar surface area (TPSA) is 17.1 Å². The first-order valence-electron chi connectivity index (χ1n) is 4.05. The van der Waals surface area contributed by atoms with Gasteiger partial charge in [0.15, 0.2) is 5.78 Å². The van der Waals surface area contributed by atoms with Gasteiger partial charge >= 0.3 is 0 Å². The molecular formula is C11H14O. The third-order valence-electron chi connectivity index (χ3n) is 1.35. The van der Waals surface area contributed by atoms with Gasteiger partial charge in [0.05, 0.1) is 0 Å². The van der Waals surface area contributed by atoms with Crippen molar-refractivity contribution in [1.29, 1.82) is 0 Å². The SMILES string of the molecule is C#C/C(C)=C/C=C/C(=O)CCC. The smallest absolute Gasteiger partial charge is 0.155 e. The standard InChI is InChI=1S/C11H14O/c1-4-7-11(12)9-6-8-10(3)5-2/h2,6,8-9H,4,7H2,1,3H3/b9-6+,10-8+. The quantitative estimate of drug-likeness (QED) is 0.352. The monoisotopic (exact) mass is 162 g/mol. The Morgan fingerprint density at radius 1 is 1.58 bits per heavy atom. The molecule has 0 atom stereocenters. The van der Waals surface area contributed by atoms with Crippen LogP contribution in [0.15, 0.2) is 23.8 Å². The number of carbonyl (C=O) groups excluding carboxylic acids is 1. The molecule has 1 heteroatoms. The number of terminal acetylenes is 1. The molecule has 1 nitrogen and oxygen atoms in total. The fourth-order valence-corrected chi connectivity index (χ4v) is 0.678. The van der Waals surface area contributed by atoms with Crippen LogP contribution in [-0.4, -0.2) is 5.78 Å². The van der Waals surface area contributed by atoms with Gasteiger partial charge in [-0.3, -0.25) is 4.79 Å². The van der Waals surface area contributed by atoms with Crippen molar-refractivity contribution < 1.29 is 4.79 Å². The normalized spacial score (nSPS) is 11.6. The van der Waals surface area contributed by atoms with Crippen molar-refractivity contribution >= 4 is 5.78 Å². The highest BCUT2D eigenvalue weighted by Crippen LogP contribution is 1.93. The van der Waals surface area contributed by atoms with E-state index in [1.807, 2.05) is 13.8 Å². The molecule has 0 N–H and O–H groups in total. The van der Waals surface area contributed by atoms with Crippen molar-refractivity contribution in [2.75, 3.05) is 0 Å². The lowest BCUT2D eigenvalue weighted by atomic mass is 10.2. The maximum absolute atomic E-state index is 10.9. The Hall–Kier alpha value is -1.29. The second-order valence-corrected chi connectivity index (χ2v) is 2.57. The number of carbonyl (C=O) groups is 1. The van der Waals surface area contributed by atoms with Gasteiger partial charge in [0.1, 0.15) is 0 Å². The molecule has 0 fully saturated rings. The second kappa shape index (κ2) is 6.42. The van der Waals surface area contributed by atoms with Crippen molar-refractivity contribution in [2.45, 2.75) is 26.7 Å². The Kier molecular flexibility index (Phi) is 5.73. The van der Waals surface area contributed by atoms with Gasteiger partial charge in [-0.1, -0.05) is 25.0 Å². The van der Waals surface area contributed by atoms with Crippen LogP contribution in [0.3, 0.4) is 0 Å². The zero-order chi connectivity index (χ0) is 9.40. The van der Waals surface area contributed by atoms with E-state index in [0.29, 0.717) is 6.42 Å². The molecular weight excluding hydrogens is 148 g/mol. The highest BCUT2D eigenvalue weighted by Gasteiger charge is 1.90.